The monoisotopic (exact) mass is 296 g/mol. The topological polar surface area (TPSA) is 38.0 Å². The lowest BCUT2D eigenvalue weighted by Gasteiger charge is -2.13. The minimum atomic E-state index is -0.936. The van der Waals surface area contributed by atoms with E-state index in [2.05, 4.69) is 5.10 Å². The Hall–Kier alpha value is -1.39. The molecule has 20 heavy (non-hydrogen) atoms. The third-order valence-corrected chi connectivity index (χ3v) is 3.85. The highest BCUT2D eigenvalue weighted by molar-refractivity contribution is 6.31. The standard InChI is InChI=1S/C15H18ClFN2O/c1-4-19-13(15(16)10(3)18-19)8-14(20)11-6-5-9(2)7-12(11)17/h5-7,14,20H,4,8H2,1-3H3. The van der Waals surface area contributed by atoms with Gasteiger partial charge in [-0.2, -0.15) is 5.10 Å². The van der Waals surface area contributed by atoms with Gasteiger partial charge in [-0.3, -0.25) is 4.68 Å². The van der Waals surface area contributed by atoms with Crippen molar-refractivity contribution in [3.8, 4) is 0 Å². The van der Waals surface area contributed by atoms with Crippen LogP contribution in [0.1, 0.15) is 35.5 Å². The molecule has 0 fully saturated rings. The van der Waals surface area contributed by atoms with Crippen LogP contribution in [0.2, 0.25) is 5.02 Å². The van der Waals surface area contributed by atoms with Crippen molar-refractivity contribution < 1.29 is 9.50 Å². The van der Waals surface area contributed by atoms with Gasteiger partial charge < -0.3 is 5.11 Å². The number of hydrogen-bond acceptors (Lipinski definition) is 2. The molecule has 1 heterocycles. The van der Waals surface area contributed by atoms with Gasteiger partial charge in [0, 0.05) is 18.5 Å². The zero-order chi connectivity index (χ0) is 14.9. The molecule has 0 saturated heterocycles. The number of aryl methyl sites for hydroxylation is 3. The van der Waals surface area contributed by atoms with E-state index in [-0.39, 0.29) is 12.0 Å². The molecular formula is C15H18ClFN2O. The third kappa shape index (κ3) is 2.86. The second kappa shape index (κ2) is 5.94. The summed E-state index contributed by atoms with van der Waals surface area (Å²) in [6, 6.07) is 4.82. The van der Waals surface area contributed by atoms with Crippen molar-refractivity contribution in [2.24, 2.45) is 0 Å². The molecule has 1 N–H and O–H groups in total. The van der Waals surface area contributed by atoms with Crippen LogP contribution in [0.25, 0.3) is 0 Å². The van der Waals surface area contributed by atoms with E-state index in [0.717, 1.165) is 17.0 Å². The maximum Gasteiger partial charge on any atom is 0.129 e. The van der Waals surface area contributed by atoms with E-state index in [1.165, 1.54) is 6.07 Å². The summed E-state index contributed by atoms with van der Waals surface area (Å²) in [4.78, 5) is 0. The van der Waals surface area contributed by atoms with Gasteiger partial charge in [-0.05, 0) is 32.4 Å². The molecule has 0 saturated carbocycles. The molecule has 0 aliphatic rings. The number of halogens is 2. The zero-order valence-electron chi connectivity index (χ0n) is 11.8. The predicted molar refractivity (Wildman–Crippen MR) is 77.4 cm³/mol. The number of hydrogen-bond donors (Lipinski definition) is 1. The molecule has 108 valence electrons. The Bertz CT molecular complexity index is 625. The highest BCUT2D eigenvalue weighted by atomic mass is 35.5. The Kier molecular flexibility index (Phi) is 4.45. The number of aliphatic hydroxyl groups excluding tert-OH is 1. The summed E-state index contributed by atoms with van der Waals surface area (Å²) in [5.74, 6) is -0.395. The summed E-state index contributed by atoms with van der Waals surface area (Å²) in [5.41, 5.74) is 2.57. The Morgan fingerprint density at radius 1 is 1.40 bits per heavy atom. The van der Waals surface area contributed by atoms with Gasteiger partial charge in [-0.15, -0.1) is 0 Å². The van der Waals surface area contributed by atoms with Gasteiger partial charge in [-0.25, -0.2) is 4.39 Å². The van der Waals surface area contributed by atoms with E-state index in [1.54, 1.807) is 16.8 Å². The fourth-order valence-corrected chi connectivity index (χ4v) is 2.47. The van der Waals surface area contributed by atoms with Crippen LogP contribution in [-0.4, -0.2) is 14.9 Å². The summed E-state index contributed by atoms with van der Waals surface area (Å²) in [7, 11) is 0. The summed E-state index contributed by atoms with van der Waals surface area (Å²) in [6.45, 7) is 6.24. The van der Waals surface area contributed by atoms with Crippen LogP contribution in [0, 0.1) is 19.7 Å². The first kappa shape index (κ1) is 15.0. The molecule has 0 amide bonds. The highest BCUT2D eigenvalue weighted by Crippen LogP contribution is 2.27. The highest BCUT2D eigenvalue weighted by Gasteiger charge is 2.19. The number of rotatable bonds is 4. The average Bonchev–Trinajstić information content (AvgIpc) is 2.66. The molecular weight excluding hydrogens is 279 g/mol. The third-order valence-electron chi connectivity index (χ3n) is 3.35. The number of aromatic nitrogens is 2. The van der Waals surface area contributed by atoms with Gasteiger partial charge in [0.25, 0.3) is 0 Å². The van der Waals surface area contributed by atoms with Crippen molar-refractivity contribution in [2.45, 2.75) is 39.8 Å². The fraction of sp³-hybridized carbons (Fsp3) is 0.400. The van der Waals surface area contributed by atoms with Crippen LogP contribution in [0.4, 0.5) is 4.39 Å². The molecule has 0 bridgehead atoms. The summed E-state index contributed by atoms with van der Waals surface area (Å²) in [5, 5.41) is 15.1. The van der Waals surface area contributed by atoms with Gasteiger partial charge >= 0.3 is 0 Å². The molecule has 0 spiro atoms. The maximum atomic E-state index is 13.9. The molecule has 1 aromatic heterocycles. The minimum Gasteiger partial charge on any atom is -0.388 e. The van der Waals surface area contributed by atoms with E-state index < -0.39 is 11.9 Å². The Morgan fingerprint density at radius 3 is 2.70 bits per heavy atom. The average molecular weight is 297 g/mol. The quantitative estimate of drug-likeness (QED) is 0.936. The van der Waals surface area contributed by atoms with Crippen molar-refractivity contribution in [2.75, 3.05) is 0 Å². The van der Waals surface area contributed by atoms with Crippen LogP contribution in [0.3, 0.4) is 0 Å². The Morgan fingerprint density at radius 2 is 2.10 bits per heavy atom. The second-order valence-electron chi connectivity index (χ2n) is 4.91. The molecule has 0 aliphatic carbocycles. The molecule has 2 rings (SSSR count). The van der Waals surface area contributed by atoms with Crippen LogP contribution in [-0.2, 0) is 13.0 Å². The minimum absolute atomic E-state index is 0.244. The smallest absolute Gasteiger partial charge is 0.129 e. The largest absolute Gasteiger partial charge is 0.388 e. The van der Waals surface area contributed by atoms with Crippen LogP contribution in [0.15, 0.2) is 18.2 Å². The van der Waals surface area contributed by atoms with Crippen molar-refractivity contribution in [1.29, 1.82) is 0 Å². The lowest BCUT2D eigenvalue weighted by atomic mass is 10.0. The Balaban J connectivity index is 2.30. The van der Waals surface area contributed by atoms with E-state index >= 15 is 0 Å². The summed E-state index contributed by atoms with van der Waals surface area (Å²) < 4.78 is 15.6. The molecule has 3 nitrogen and oxygen atoms in total. The zero-order valence-corrected chi connectivity index (χ0v) is 12.6. The lowest BCUT2D eigenvalue weighted by Crippen LogP contribution is -2.10. The molecule has 2 aromatic rings. The first-order chi connectivity index (χ1) is 9.43. The molecule has 1 aromatic carbocycles. The maximum absolute atomic E-state index is 13.9. The van der Waals surface area contributed by atoms with Crippen molar-refractivity contribution in [3.63, 3.8) is 0 Å². The van der Waals surface area contributed by atoms with E-state index in [1.807, 2.05) is 20.8 Å². The van der Waals surface area contributed by atoms with E-state index in [9.17, 15) is 9.50 Å². The molecule has 0 aliphatic heterocycles. The lowest BCUT2D eigenvalue weighted by molar-refractivity contribution is 0.170. The van der Waals surface area contributed by atoms with Crippen LogP contribution < -0.4 is 0 Å². The van der Waals surface area contributed by atoms with Gasteiger partial charge in [-0.1, -0.05) is 23.7 Å². The molecule has 5 heteroatoms. The normalized spacial score (nSPS) is 12.7. The van der Waals surface area contributed by atoms with E-state index in [0.29, 0.717) is 11.6 Å². The van der Waals surface area contributed by atoms with Gasteiger partial charge in [0.15, 0.2) is 0 Å². The van der Waals surface area contributed by atoms with Gasteiger partial charge in [0.2, 0.25) is 0 Å². The SMILES string of the molecule is CCn1nc(C)c(Cl)c1CC(O)c1ccc(C)cc1F. The van der Waals surface area contributed by atoms with Gasteiger partial charge in [0.1, 0.15) is 5.82 Å². The molecule has 1 atom stereocenters. The van der Waals surface area contributed by atoms with Crippen LogP contribution in [0.5, 0.6) is 0 Å². The van der Waals surface area contributed by atoms with Crippen molar-refractivity contribution in [1.82, 2.24) is 9.78 Å². The summed E-state index contributed by atoms with van der Waals surface area (Å²) in [6.07, 6.45) is -0.692. The Labute approximate surface area is 123 Å². The van der Waals surface area contributed by atoms with E-state index in [4.69, 9.17) is 11.6 Å². The summed E-state index contributed by atoms with van der Waals surface area (Å²) >= 11 is 6.20. The van der Waals surface area contributed by atoms with Crippen molar-refractivity contribution in [3.05, 3.63) is 51.6 Å². The molecule has 0 radical (unpaired) electrons. The van der Waals surface area contributed by atoms with Gasteiger partial charge in [0.05, 0.1) is 22.5 Å². The number of nitrogens with zero attached hydrogens (tertiary/aromatic N) is 2. The fourth-order valence-electron chi connectivity index (χ4n) is 2.26. The first-order valence-electron chi connectivity index (χ1n) is 6.60. The first-order valence-corrected chi connectivity index (χ1v) is 6.97. The number of aliphatic hydroxyl groups is 1. The van der Waals surface area contributed by atoms with Crippen molar-refractivity contribution >= 4 is 11.6 Å². The number of benzene rings is 1. The predicted octanol–water partition coefficient (Wildman–Crippen LogP) is 3.59. The molecule has 1 unspecified atom stereocenters. The van der Waals surface area contributed by atoms with Crippen LogP contribution >= 0.6 is 11.6 Å². The second-order valence-corrected chi connectivity index (χ2v) is 5.28.